The van der Waals surface area contributed by atoms with Gasteiger partial charge in [-0.1, -0.05) is 37.8 Å². The van der Waals surface area contributed by atoms with Gasteiger partial charge in [-0.2, -0.15) is 0 Å². The normalized spacial score (nSPS) is 21.8. The van der Waals surface area contributed by atoms with Gasteiger partial charge < -0.3 is 10.2 Å². The fourth-order valence-corrected chi connectivity index (χ4v) is 3.05. The lowest BCUT2D eigenvalue weighted by Gasteiger charge is -2.37. The van der Waals surface area contributed by atoms with Crippen molar-refractivity contribution in [1.29, 1.82) is 0 Å². The predicted octanol–water partition coefficient (Wildman–Crippen LogP) is 3.63. The summed E-state index contributed by atoms with van der Waals surface area (Å²) in [4.78, 5) is 2.41. The Kier molecular flexibility index (Phi) is 5.02. The fraction of sp³-hybridized carbons (Fsp3) is 0.444. The van der Waals surface area contributed by atoms with Crippen LogP contribution in [0.5, 0.6) is 0 Å². The first-order chi connectivity index (χ1) is 9.71. The average Bonchev–Trinajstić information content (AvgIpc) is 2.53. The third kappa shape index (κ3) is 2.96. The van der Waals surface area contributed by atoms with Crippen LogP contribution in [0.3, 0.4) is 0 Å². The van der Waals surface area contributed by atoms with Crippen molar-refractivity contribution in [2.75, 3.05) is 19.0 Å². The second-order valence-electron chi connectivity index (χ2n) is 5.46. The largest absolute Gasteiger partial charge is 0.370 e. The lowest BCUT2D eigenvalue weighted by atomic mass is 9.94. The Balaban J connectivity index is 2.26. The van der Waals surface area contributed by atoms with Gasteiger partial charge >= 0.3 is 0 Å². The molecule has 0 fully saturated rings. The van der Waals surface area contributed by atoms with Gasteiger partial charge in [-0.15, -0.1) is 0 Å². The minimum Gasteiger partial charge on any atom is -0.370 e. The van der Waals surface area contributed by atoms with Gasteiger partial charge in [0.15, 0.2) is 0 Å². The van der Waals surface area contributed by atoms with E-state index in [4.69, 9.17) is 0 Å². The molecule has 1 N–H and O–H groups in total. The summed E-state index contributed by atoms with van der Waals surface area (Å²) in [5, 5.41) is 3.45. The third-order valence-corrected chi connectivity index (χ3v) is 4.40. The van der Waals surface area contributed by atoms with Crippen LogP contribution in [0, 0.1) is 0 Å². The number of nitrogens with zero attached hydrogens (tertiary/aromatic N) is 1. The third-order valence-electron chi connectivity index (χ3n) is 4.40. The zero-order valence-corrected chi connectivity index (χ0v) is 12.9. The highest BCUT2D eigenvalue weighted by Crippen LogP contribution is 2.26. The highest BCUT2D eigenvalue weighted by Gasteiger charge is 2.25. The Morgan fingerprint density at radius 2 is 2.10 bits per heavy atom. The van der Waals surface area contributed by atoms with Gasteiger partial charge in [-0.05, 0) is 49.6 Å². The summed E-state index contributed by atoms with van der Waals surface area (Å²) in [5.74, 6) is 0. The molecule has 0 heterocycles. The van der Waals surface area contributed by atoms with E-state index in [0.717, 1.165) is 19.3 Å². The molecule has 0 amide bonds. The van der Waals surface area contributed by atoms with E-state index >= 15 is 0 Å². The van der Waals surface area contributed by atoms with Gasteiger partial charge in [-0.3, -0.25) is 0 Å². The maximum atomic E-state index is 3.90. The zero-order valence-electron chi connectivity index (χ0n) is 12.9. The van der Waals surface area contributed by atoms with Crippen molar-refractivity contribution in [1.82, 2.24) is 5.32 Å². The minimum absolute atomic E-state index is 0.518. The van der Waals surface area contributed by atoms with Gasteiger partial charge in [0.25, 0.3) is 0 Å². The summed E-state index contributed by atoms with van der Waals surface area (Å²) < 4.78 is 0. The molecule has 1 aromatic carbocycles. The lowest BCUT2D eigenvalue weighted by molar-refractivity contribution is 0.435. The molecule has 0 aliphatic heterocycles. The molecule has 1 aromatic rings. The highest BCUT2D eigenvalue weighted by atomic mass is 15.2. The van der Waals surface area contributed by atoms with Crippen LogP contribution in [0.15, 0.2) is 36.9 Å². The number of hydrogen-bond donors (Lipinski definition) is 1. The maximum Gasteiger partial charge on any atom is 0.0477 e. The Morgan fingerprint density at radius 3 is 2.75 bits per heavy atom. The molecule has 1 aliphatic carbocycles. The fourth-order valence-electron chi connectivity index (χ4n) is 3.05. The molecular weight excluding hydrogens is 244 g/mol. The summed E-state index contributed by atoms with van der Waals surface area (Å²) in [5.41, 5.74) is 3.92. The summed E-state index contributed by atoms with van der Waals surface area (Å²) in [6.45, 7) is 6.10. The Bertz CT molecular complexity index is 490. The van der Waals surface area contributed by atoms with E-state index in [-0.39, 0.29) is 0 Å². The summed E-state index contributed by atoms with van der Waals surface area (Å²) in [7, 11) is 4.26. The van der Waals surface area contributed by atoms with Gasteiger partial charge in [-0.25, -0.2) is 0 Å². The van der Waals surface area contributed by atoms with Crippen LogP contribution in [-0.4, -0.2) is 26.2 Å². The quantitative estimate of drug-likeness (QED) is 0.822. The molecule has 108 valence electrons. The first-order valence-corrected chi connectivity index (χ1v) is 7.51. The molecule has 0 bridgehead atoms. The van der Waals surface area contributed by atoms with E-state index in [1.807, 2.05) is 6.08 Å². The van der Waals surface area contributed by atoms with Crippen LogP contribution >= 0.6 is 0 Å². The minimum atomic E-state index is 0.518. The van der Waals surface area contributed by atoms with E-state index < -0.39 is 0 Å². The number of aryl methyl sites for hydroxylation is 1. The van der Waals surface area contributed by atoms with Crippen molar-refractivity contribution in [2.24, 2.45) is 0 Å². The molecule has 2 atom stereocenters. The lowest BCUT2D eigenvalue weighted by Crippen LogP contribution is -2.48. The molecule has 2 heteroatoms. The summed E-state index contributed by atoms with van der Waals surface area (Å²) in [6.07, 6.45) is 9.78. The molecule has 0 aromatic heterocycles. The van der Waals surface area contributed by atoms with E-state index in [1.165, 1.54) is 16.8 Å². The van der Waals surface area contributed by atoms with Gasteiger partial charge in [0.05, 0.1) is 0 Å². The molecule has 2 nitrogen and oxygen atoms in total. The molecule has 0 saturated heterocycles. The second kappa shape index (κ2) is 6.76. The van der Waals surface area contributed by atoms with Crippen molar-refractivity contribution in [3.05, 3.63) is 48.1 Å². The average molecular weight is 270 g/mol. The number of nitrogens with one attached hydrogen (secondary N) is 1. The monoisotopic (exact) mass is 270 g/mol. The van der Waals surface area contributed by atoms with Crippen molar-refractivity contribution in [3.63, 3.8) is 0 Å². The highest BCUT2D eigenvalue weighted by molar-refractivity contribution is 5.60. The number of anilines is 1. The molecular formula is C18H26N2. The Hall–Kier alpha value is -1.54. The van der Waals surface area contributed by atoms with Crippen LogP contribution in [0.4, 0.5) is 5.69 Å². The first-order valence-electron chi connectivity index (χ1n) is 7.51. The molecule has 2 rings (SSSR count). The van der Waals surface area contributed by atoms with Crippen LogP contribution in [0.2, 0.25) is 0 Å². The first kappa shape index (κ1) is 14.9. The van der Waals surface area contributed by atoms with E-state index in [1.54, 1.807) is 0 Å². The standard InChI is InChI=1S/C18H26N2/c1-5-14-11-12-16(13-15(14)6-2)20(4)18-10-8-7-9-17(18)19-3/h5,7-8,11-13,17-19H,1,6,9-10H2,2-4H3. The molecule has 0 spiro atoms. The van der Waals surface area contributed by atoms with Gasteiger partial charge in [0.1, 0.15) is 0 Å². The zero-order chi connectivity index (χ0) is 14.5. The van der Waals surface area contributed by atoms with Crippen molar-refractivity contribution in [2.45, 2.75) is 38.3 Å². The van der Waals surface area contributed by atoms with Crippen molar-refractivity contribution < 1.29 is 0 Å². The van der Waals surface area contributed by atoms with Gasteiger partial charge in [0, 0.05) is 24.8 Å². The van der Waals surface area contributed by atoms with E-state index in [9.17, 15) is 0 Å². The van der Waals surface area contributed by atoms with Crippen LogP contribution in [-0.2, 0) is 6.42 Å². The second-order valence-corrected chi connectivity index (χ2v) is 5.46. The van der Waals surface area contributed by atoms with Crippen LogP contribution in [0.25, 0.3) is 6.08 Å². The topological polar surface area (TPSA) is 15.3 Å². The van der Waals surface area contributed by atoms with Crippen LogP contribution in [0.1, 0.15) is 30.9 Å². The molecule has 2 unspecified atom stereocenters. The van der Waals surface area contributed by atoms with Crippen molar-refractivity contribution >= 4 is 11.8 Å². The molecule has 20 heavy (non-hydrogen) atoms. The van der Waals surface area contributed by atoms with Crippen molar-refractivity contribution in [3.8, 4) is 0 Å². The number of likely N-dealkylation sites (N-methyl/N-ethyl adjacent to an activating group) is 2. The summed E-state index contributed by atoms with van der Waals surface area (Å²) >= 11 is 0. The Labute approximate surface area is 123 Å². The molecule has 1 aliphatic rings. The predicted molar refractivity (Wildman–Crippen MR) is 89.3 cm³/mol. The molecule has 0 saturated carbocycles. The smallest absolute Gasteiger partial charge is 0.0477 e. The van der Waals surface area contributed by atoms with E-state index in [0.29, 0.717) is 12.1 Å². The number of hydrogen-bond acceptors (Lipinski definition) is 2. The van der Waals surface area contributed by atoms with Gasteiger partial charge in [0.2, 0.25) is 0 Å². The number of rotatable bonds is 5. The van der Waals surface area contributed by atoms with Crippen LogP contribution < -0.4 is 10.2 Å². The Morgan fingerprint density at radius 1 is 1.35 bits per heavy atom. The van der Waals surface area contributed by atoms with E-state index in [2.05, 4.69) is 68.2 Å². The number of benzene rings is 1. The SMILES string of the molecule is C=Cc1ccc(N(C)C2CC=CCC2NC)cc1CC. The maximum absolute atomic E-state index is 3.90. The molecule has 0 radical (unpaired) electrons. The summed E-state index contributed by atoms with van der Waals surface area (Å²) in [6, 6.07) is 7.74.